The van der Waals surface area contributed by atoms with Crippen LogP contribution in [0.25, 0.3) is 22.2 Å². The first-order valence-electron chi connectivity index (χ1n) is 10.5. The third-order valence-electron chi connectivity index (χ3n) is 5.71. The van der Waals surface area contributed by atoms with Crippen molar-refractivity contribution in [1.29, 1.82) is 5.26 Å². The van der Waals surface area contributed by atoms with Crippen LogP contribution in [0.15, 0.2) is 48.8 Å². The molecular weight excluding hydrogens is 459 g/mol. The molecule has 2 aromatic heterocycles. The Kier molecular flexibility index (Phi) is 6.02. The van der Waals surface area contributed by atoms with Crippen LogP contribution in [-0.2, 0) is 4.74 Å². The normalized spacial score (nSPS) is 14.7. The highest BCUT2D eigenvalue weighted by Crippen LogP contribution is 2.36. The molecular formula is C24H18ClFN6O2. The average molecular weight is 477 g/mol. The predicted molar refractivity (Wildman–Crippen MR) is 124 cm³/mol. The Bertz CT molecular complexity index is 1400. The van der Waals surface area contributed by atoms with E-state index in [9.17, 15) is 5.11 Å². The van der Waals surface area contributed by atoms with Crippen LogP contribution in [0.2, 0.25) is 5.02 Å². The van der Waals surface area contributed by atoms with E-state index in [1.54, 1.807) is 0 Å². The molecule has 1 aliphatic rings. The first kappa shape index (κ1) is 22.1. The summed E-state index contributed by atoms with van der Waals surface area (Å²) >= 11 is 6.27. The molecule has 3 heterocycles. The monoisotopic (exact) mass is 476 g/mol. The summed E-state index contributed by atoms with van der Waals surface area (Å²) < 4.78 is 20.5. The van der Waals surface area contributed by atoms with Gasteiger partial charge >= 0.3 is 0 Å². The molecule has 8 nitrogen and oxygen atoms in total. The molecule has 0 bridgehead atoms. The molecule has 34 heavy (non-hydrogen) atoms. The second-order valence-electron chi connectivity index (χ2n) is 7.73. The summed E-state index contributed by atoms with van der Waals surface area (Å²) in [6.07, 6.45) is 0.116. The first-order chi connectivity index (χ1) is 16.5. The number of ether oxygens (including phenoxy) is 1. The number of nitriles is 1. The van der Waals surface area contributed by atoms with Gasteiger partial charge in [-0.25, -0.2) is 14.4 Å². The van der Waals surface area contributed by atoms with E-state index in [0.717, 1.165) is 24.8 Å². The molecule has 1 unspecified atom stereocenters. The maximum absolute atomic E-state index is 15.1. The molecule has 0 spiro atoms. The van der Waals surface area contributed by atoms with Gasteiger partial charge in [-0.05, 0) is 42.5 Å². The van der Waals surface area contributed by atoms with Gasteiger partial charge in [0.1, 0.15) is 24.3 Å². The number of aliphatic hydroxyl groups excluding tert-OH is 1. The second kappa shape index (κ2) is 9.27. The van der Waals surface area contributed by atoms with Gasteiger partial charge in [-0.1, -0.05) is 11.6 Å². The molecule has 4 aromatic rings. The van der Waals surface area contributed by atoms with E-state index in [1.807, 2.05) is 24.3 Å². The maximum atomic E-state index is 15.1. The fourth-order valence-corrected chi connectivity index (χ4v) is 4.20. The lowest BCUT2D eigenvalue weighted by atomic mass is 9.99. The second-order valence-corrected chi connectivity index (χ2v) is 8.14. The molecule has 0 radical (unpaired) electrons. The molecule has 5 rings (SSSR count). The van der Waals surface area contributed by atoms with Crippen LogP contribution in [0.4, 0.5) is 10.1 Å². The molecule has 1 N–H and O–H groups in total. The third-order valence-corrected chi connectivity index (χ3v) is 6.04. The van der Waals surface area contributed by atoms with E-state index in [1.165, 1.54) is 24.5 Å². The van der Waals surface area contributed by atoms with Gasteiger partial charge in [0.25, 0.3) is 0 Å². The van der Waals surface area contributed by atoms with E-state index in [4.69, 9.17) is 21.6 Å². The van der Waals surface area contributed by atoms with Crippen molar-refractivity contribution in [3.63, 3.8) is 0 Å². The van der Waals surface area contributed by atoms with Gasteiger partial charge in [-0.3, -0.25) is 0 Å². The molecule has 0 amide bonds. The number of hydrogen-bond donors (Lipinski definition) is 1. The number of morpholine rings is 1. The van der Waals surface area contributed by atoms with E-state index < -0.39 is 11.9 Å². The number of aliphatic hydroxyl groups is 1. The molecule has 1 atom stereocenters. The van der Waals surface area contributed by atoms with Crippen LogP contribution < -0.4 is 4.90 Å². The minimum Gasteiger partial charge on any atom is -0.382 e. The number of rotatable bonds is 4. The van der Waals surface area contributed by atoms with Crippen LogP contribution in [0.1, 0.15) is 23.1 Å². The minimum atomic E-state index is -1.27. The van der Waals surface area contributed by atoms with Gasteiger partial charge < -0.3 is 14.7 Å². The topological polar surface area (TPSA) is 108 Å². The van der Waals surface area contributed by atoms with E-state index in [0.29, 0.717) is 29.8 Å². The van der Waals surface area contributed by atoms with Crippen molar-refractivity contribution in [3.05, 3.63) is 76.6 Å². The first-order valence-corrected chi connectivity index (χ1v) is 10.9. The SMILES string of the molecule is N#Cc1ccc(C(O)c2cc(-c3ncnc4cc(N5CCOCC5)ccc34)c(F)cc2Cl)nn1. The zero-order valence-corrected chi connectivity index (χ0v) is 18.6. The van der Waals surface area contributed by atoms with Crippen LogP contribution in [0.3, 0.4) is 0 Å². The molecule has 170 valence electrons. The summed E-state index contributed by atoms with van der Waals surface area (Å²) in [5.74, 6) is -0.580. The zero-order chi connectivity index (χ0) is 23.7. The summed E-state index contributed by atoms with van der Waals surface area (Å²) in [6.45, 7) is 2.90. The van der Waals surface area contributed by atoms with Gasteiger partial charge in [-0.15, -0.1) is 5.10 Å². The number of fused-ring (bicyclic) bond motifs is 1. The van der Waals surface area contributed by atoms with Crippen molar-refractivity contribution in [1.82, 2.24) is 20.2 Å². The van der Waals surface area contributed by atoms with E-state index in [-0.39, 0.29) is 27.5 Å². The molecule has 10 heteroatoms. The molecule has 0 aliphatic carbocycles. The van der Waals surface area contributed by atoms with Crippen LogP contribution >= 0.6 is 11.6 Å². The highest BCUT2D eigenvalue weighted by molar-refractivity contribution is 6.31. The summed E-state index contributed by atoms with van der Waals surface area (Å²) in [4.78, 5) is 10.9. The van der Waals surface area contributed by atoms with Gasteiger partial charge in [-0.2, -0.15) is 10.4 Å². The van der Waals surface area contributed by atoms with Crippen molar-refractivity contribution >= 4 is 28.2 Å². The Morgan fingerprint density at radius 2 is 1.91 bits per heavy atom. The number of nitrogens with zero attached hydrogens (tertiary/aromatic N) is 6. The van der Waals surface area contributed by atoms with Crippen molar-refractivity contribution in [2.75, 3.05) is 31.2 Å². The van der Waals surface area contributed by atoms with Crippen molar-refractivity contribution in [3.8, 4) is 17.3 Å². The van der Waals surface area contributed by atoms with Crippen LogP contribution in [0, 0.1) is 17.1 Å². The lowest BCUT2D eigenvalue weighted by Crippen LogP contribution is -2.36. The Balaban J connectivity index is 1.56. The molecule has 1 aliphatic heterocycles. The molecule has 1 fully saturated rings. The Hall–Kier alpha value is -3.71. The summed E-state index contributed by atoms with van der Waals surface area (Å²) in [7, 11) is 0. The highest BCUT2D eigenvalue weighted by Gasteiger charge is 2.21. The van der Waals surface area contributed by atoms with Gasteiger partial charge in [0, 0.05) is 40.3 Å². The zero-order valence-electron chi connectivity index (χ0n) is 17.8. The Morgan fingerprint density at radius 1 is 1.09 bits per heavy atom. The lowest BCUT2D eigenvalue weighted by molar-refractivity contribution is 0.122. The van der Waals surface area contributed by atoms with E-state index >= 15 is 4.39 Å². The van der Waals surface area contributed by atoms with Gasteiger partial charge in [0.15, 0.2) is 5.69 Å². The van der Waals surface area contributed by atoms with Crippen LogP contribution in [-0.4, -0.2) is 51.6 Å². The van der Waals surface area contributed by atoms with E-state index in [2.05, 4.69) is 25.1 Å². The molecule has 1 saturated heterocycles. The van der Waals surface area contributed by atoms with Crippen molar-refractivity contribution < 1.29 is 14.2 Å². The third kappa shape index (κ3) is 4.15. The standard InChI is InChI=1S/C24H18ClFN6O2/c25-19-11-20(26)18(10-17(19)24(33)21-4-1-14(12-27)30-31-21)23-16-3-2-15(9-22(16)28-13-29-23)32-5-7-34-8-6-32/h1-4,9-11,13,24,33H,5-8H2. The fourth-order valence-electron chi connectivity index (χ4n) is 3.94. The number of anilines is 1. The maximum Gasteiger partial charge on any atom is 0.163 e. The number of halogens is 2. The number of aromatic nitrogens is 4. The van der Waals surface area contributed by atoms with Crippen molar-refractivity contribution in [2.45, 2.75) is 6.10 Å². The lowest BCUT2D eigenvalue weighted by Gasteiger charge is -2.29. The summed E-state index contributed by atoms with van der Waals surface area (Å²) in [5, 5.41) is 28.1. The smallest absolute Gasteiger partial charge is 0.163 e. The predicted octanol–water partition coefficient (Wildman–Crippen LogP) is 3.67. The van der Waals surface area contributed by atoms with Crippen molar-refractivity contribution in [2.24, 2.45) is 0 Å². The summed E-state index contributed by atoms with van der Waals surface area (Å²) in [5.41, 5.74) is 2.77. The number of hydrogen-bond acceptors (Lipinski definition) is 8. The summed E-state index contributed by atoms with van der Waals surface area (Å²) in [6, 6.07) is 13.2. The van der Waals surface area contributed by atoms with Crippen LogP contribution in [0.5, 0.6) is 0 Å². The highest BCUT2D eigenvalue weighted by atomic mass is 35.5. The Morgan fingerprint density at radius 3 is 2.65 bits per heavy atom. The fraction of sp³-hybridized carbons (Fsp3) is 0.208. The number of benzene rings is 2. The van der Waals surface area contributed by atoms with Gasteiger partial charge in [0.05, 0.1) is 30.1 Å². The largest absolute Gasteiger partial charge is 0.382 e. The Labute approximate surface area is 199 Å². The molecule has 2 aromatic carbocycles. The quantitative estimate of drug-likeness (QED) is 0.475. The average Bonchev–Trinajstić information content (AvgIpc) is 2.88. The minimum absolute atomic E-state index is 0.0351. The molecule has 0 saturated carbocycles. The van der Waals surface area contributed by atoms with Gasteiger partial charge in [0.2, 0.25) is 0 Å².